The first-order chi connectivity index (χ1) is 13.9. The van der Waals surface area contributed by atoms with Gasteiger partial charge in [-0.1, -0.05) is 23.4 Å². The zero-order chi connectivity index (χ0) is 21.0. The average Bonchev–Trinajstić information content (AvgIpc) is 3.01. The highest BCUT2D eigenvalue weighted by molar-refractivity contribution is 8.18. The van der Waals surface area contributed by atoms with Crippen molar-refractivity contribution in [1.29, 1.82) is 0 Å². The maximum absolute atomic E-state index is 12.3. The molecule has 3 rings (SSSR count). The molecular weight excluding hydrogens is 390 g/mol. The van der Waals surface area contributed by atoms with Gasteiger partial charge in [-0.3, -0.25) is 0 Å². The smallest absolute Gasteiger partial charge is 0.344 e. The van der Waals surface area contributed by atoms with Gasteiger partial charge in [-0.2, -0.15) is 0 Å². The number of methoxy groups -OCH3 is 1. The Morgan fingerprint density at radius 1 is 1.17 bits per heavy atom. The molecule has 0 atom stereocenters. The summed E-state index contributed by atoms with van der Waals surface area (Å²) in [5, 5.41) is 21.0. The summed E-state index contributed by atoms with van der Waals surface area (Å²) in [6, 6.07) is 12.2. The number of thioether (sulfide) groups is 1. The highest BCUT2D eigenvalue weighted by Crippen LogP contribution is 2.41. The first-order valence-electron chi connectivity index (χ1n) is 8.96. The minimum Gasteiger partial charge on any atom is -0.507 e. The highest BCUT2D eigenvalue weighted by atomic mass is 32.2. The molecule has 2 aromatic rings. The third kappa shape index (κ3) is 4.63. The number of hydrogen-bond acceptors (Lipinski definition) is 7. The third-order valence-electron chi connectivity index (χ3n) is 4.13. The van der Waals surface area contributed by atoms with Crippen LogP contribution >= 0.6 is 11.8 Å². The van der Waals surface area contributed by atoms with Gasteiger partial charge in [0, 0.05) is 5.56 Å². The molecule has 1 heterocycles. The molecule has 0 unspecified atom stereocenters. The lowest BCUT2D eigenvalue weighted by atomic mass is 10.1. The second kappa shape index (κ2) is 8.87. The SMILES string of the molecule is CCOc1ccc(N=C2SC(=Cc3cc(C)ccc3O)C(O)=C2C(=O)OC)cc1. The molecule has 0 aromatic heterocycles. The van der Waals surface area contributed by atoms with E-state index in [1.807, 2.05) is 13.8 Å². The molecule has 7 heteroatoms. The van der Waals surface area contributed by atoms with E-state index < -0.39 is 5.97 Å². The first-order valence-corrected chi connectivity index (χ1v) is 9.77. The van der Waals surface area contributed by atoms with E-state index in [1.165, 1.54) is 7.11 Å². The van der Waals surface area contributed by atoms with E-state index in [0.29, 0.717) is 27.8 Å². The Morgan fingerprint density at radius 3 is 2.55 bits per heavy atom. The van der Waals surface area contributed by atoms with Gasteiger partial charge in [0.05, 0.1) is 24.3 Å². The maximum atomic E-state index is 12.3. The Morgan fingerprint density at radius 2 is 1.90 bits per heavy atom. The molecule has 1 aliphatic heterocycles. The summed E-state index contributed by atoms with van der Waals surface area (Å²) in [4.78, 5) is 17.1. The van der Waals surface area contributed by atoms with E-state index in [4.69, 9.17) is 9.47 Å². The molecule has 0 saturated carbocycles. The number of nitrogens with zero attached hydrogens (tertiary/aromatic N) is 1. The molecular formula is C22H21NO5S. The molecule has 150 valence electrons. The number of hydrogen-bond donors (Lipinski definition) is 2. The lowest BCUT2D eigenvalue weighted by Gasteiger charge is -2.04. The van der Waals surface area contributed by atoms with Crippen molar-refractivity contribution in [2.24, 2.45) is 4.99 Å². The zero-order valence-electron chi connectivity index (χ0n) is 16.3. The van der Waals surface area contributed by atoms with Crippen molar-refractivity contribution in [2.75, 3.05) is 13.7 Å². The molecule has 0 spiro atoms. The number of carbonyl (C=O) groups is 1. The van der Waals surface area contributed by atoms with Gasteiger partial charge in [0.25, 0.3) is 0 Å². The molecule has 0 fully saturated rings. The molecule has 0 saturated heterocycles. The fourth-order valence-electron chi connectivity index (χ4n) is 2.72. The van der Waals surface area contributed by atoms with Crippen molar-refractivity contribution in [3.05, 3.63) is 69.8 Å². The summed E-state index contributed by atoms with van der Waals surface area (Å²) >= 11 is 1.13. The number of rotatable bonds is 5. The third-order valence-corrected chi connectivity index (χ3v) is 5.15. The summed E-state index contributed by atoms with van der Waals surface area (Å²) < 4.78 is 10.2. The van der Waals surface area contributed by atoms with Crippen molar-refractivity contribution >= 4 is 34.5 Å². The van der Waals surface area contributed by atoms with Crippen LogP contribution in [-0.4, -0.2) is 34.9 Å². The van der Waals surface area contributed by atoms with Gasteiger partial charge < -0.3 is 19.7 Å². The number of benzene rings is 2. The van der Waals surface area contributed by atoms with Gasteiger partial charge in [0.15, 0.2) is 0 Å². The predicted octanol–water partition coefficient (Wildman–Crippen LogP) is 4.90. The van der Waals surface area contributed by atoms with Crippen molar-refractivity contribution in [3.8, 4) is 11.5 Å². The Labute approximate surface area is 173 Å². The molecule has 29 heavy (non-hydrogen) atoms. The fraction of sp³-hybridized carbons (Fsp3) is 0.182. The van der Waals surface area contributed by atoms with Crippen LogP contribution in [0.15, 0.2) is 63.7 Å². The van der Waals surface area contributed by atoms with Crippen LogP contribution in [0, 0.1) is 6.92 Å². The molecule has 0 amide bonds. The number of aromatic hydroxyl groups is 1. The number of aliphatic imine (C=N–C) groups is 1. The summed E-state index contributed by atoms with van der Waals surface area (Å²) in [5.41, 5.74) is 2.08. The van der Waals surface area contributed by atoms with Crippen LogP contribution in [0.25, 0.3) is 6.08 Å². The van der Waals surface area contributed by atoms with E-state index in [-0.39, 0.29) is 17.1 Å². The molecule has 1 aliphatic rings. The monoisotopic (exact) mass is 411 g/mol. The summed E-state index contributed by atoms with van der Waals surface area (Å²) in [7, 11) is 1.25. The maximum Gasteiger partial charge on any atom is 0.344 e. The minimum absolute atomic E-state index is 0.00947. The second-order valence-corrected chi connectivity index (χ2v) is 7.26. The summed E-state index contributed by atoms with van der Waals surface area (Å²) in [6.07, 6.45) is 1.62. The first kappa shape index (κ1) is 20.5. The lowest BCUT2D eigenvalue weighted by Crippen LogP contribution is -2.10. The van der Waals surface area contributed by atoms with Gasteiger partial charge in [-0.25, -0.2) is 9.79 Å². The van der Waals surface area contributed by atoms with Crippen molar-refractivity contribution in [3.63, 3.8) is 0 Å². The molecule has 2 N–H and O–H groups in total. The number of aryl methyl sites for hydroxylation is 1. The molecule has 0 bridgehead atoms. The van der Waals surface area contributed by atoms with Gasteiger partial charge in [0.2, 0.25) is 0 Å². The Hall–Kier alpha value is -3.19. The van der Waals surface area contributed by atoms with Crippen LogP contribution in [0.4, 0.5) is 5.69 Å². The predicted molar refractivity (Wildman–Crippen MR) is 115 cm³/mol. The number of esters is 1. The number of phenols is 1. The molecule has 0 aliphatic carbocycles. The van der Waals surface area contributed by atoms with Gasteiger partial charge in [-0.15, -0.1) is 0 Å². The zero-order valence-corrected chi connectivity index (χ0v) is 17.1. The number of phenolic OH excluding ortho intramolecular Hbond substituents is 1. The second-order valence-electron chi connectivity index (χ2n) is 6.23. The lowest BCUT2D eigenvalue weighted by molar-refractivity contribution is -0.135. The van der Waals surface area contributed by atoms with Gasteiger partial charge in [-0.05, 0) is 56.3 Å². The standard InChI is InChI=1S/C22H21NO5S/c1-4-28-16-8-6-15(7-9-16)23-21-19(22(26)27-3)20(25)18(29-21)12-14-11-13(2)5-10-17(14)24/h5-12,24-25H,4H2,1-3H3. The van der Waals surface area contributed by atoms with E-state index >= 15 is 0 Å². The fourth-order valence-corrected chi connectivity index (χ4v) is 3.75. The van der Waals surface area contributed by atoms with Gasteiger partial charge >= 0.3 is 5.97 Å². The number of aliphatic hydroxyl groups excluding tert-OH is 1. The molecule has 2 aromatic carbocycles. The van der Waals surface area contributed by atoms with Crippen LogP contribution in [0.2, 0.25) is 0 Å². The summed E-state index contributed by atoms with van der Waals surface area (Å²) in [6.45, 7) is 4.36. The Bertz CT molecular complexity index is 1020. The average molecular weight is 411 g/mol. The normalized spacial score (nSPS) is 16.5. The van der Waals surface area contributed by atoms with Crippen LogP contribution < -0.4 is 4.74 Å². The van der Waals surface area contributed by atoms with Crippen molar-refractivity contribution in [2.45, 2.75) is 13.8 Å². The quantitative estimate of drug-likeness (QED) is 0.680. The minimum atomic E-state index is -0.684. The van der Waals surface area contributed by atoms with Crippen LogP contribution in [0.3, 0.4) is 0 Å². The Balaban J connectivity index is 2.01. The van der Waals surface area contributed by atoms with Crippen LogP contribution in [0.5, 0.6) is 11.5 Å². The highest BCUT2D eigenvalue weighted by Gasteiger charge is 2.33. The van der Waals surface area contributed by atoms with Crippen molar-refractivity contribution in [1.82, 2.24) is 0 Å². The van der Waals surface area contributed by atoms with E-state index in [9.17, 15) is 15.0 Å². The Kier molecular flexibility index (Phi) is 6.29. The van der Waals surface area contributed by atoms with Crippen LogP contribution in [0.1, 0.15) is 18.1 Å². The van der Waals surface area contributed by atoms with Crippen LogP contribution in [-0.2, 0) is 9.53 Å². The molecule has 0 radical (unpaired) electrons. The van der Waals surface area contributed by atoms with E-state index in [1.54, 1.807) is 48.5 Å². The number of aliphatic hydroxyl groups is 1. The largest absolute Gasteiger partial charge is 0.507 e. The number of carbonyl (C=O) groups excluding carboxylic acids is 1. The summed E-state index contributed by atoms with van der Waals surface area (Å²) in [5.74, 6) is -0.116. The molecule has 6 nitrogen and oxygen atoms in total. The van der Waals surface area contributed by atoms with Gasteiger partial charge in [0.1, 0.15) is 27.9 Å². The van der Waals surface area contributed by atoms with E-state index in [0.717, 1.165) is 23.1 Å². The van der Waals surface area contributed by atoms with Crippen molar-refractivity contribution < 1.29 is 24.5 Å². The number of ether oxygens (including phenoxy) is 2. The topological polar surface area (TPSA) is 88.4 Å². The van der Waals surface area contributed by atoms with E-state index in [2.05, 4.69) is 4.99 Å².